The van der Waals surface area contributed by atoms with E-state index in [-0.39, 0.29) is 52.4 Å². The molecule has 0 saturated heterocycles. The molecule has 1 fully saturated rings. The molecule has 6 amide bonds. The van der Waals surface area contributed by atoms with Gasteiger partial charge in [-0.2, -0.15) is 48.9 Å². The molecule has 14 heterocycles. The molecule has 149 heavy (non-hydrogen) atoms. The predicted octanol–water partition coefficient (Wildman–Crippen LogP) is 19.2. The van der Waals surface area contributed by atoms with Crippen molar-refractivity contribution in [3.8, 4) is 80.6 Å². The van der Waals surface area contributed by atoms with Gasteiger partial charge in [0.2, 0.25) is 17.7 Å². The number of halogens is 5. The molecule has 1 aliphatic carbocycles. The van der Waals surface area contributed by atoms with Crippen molar-refractivity contribution in [2.24, 2.45) is 5.92 Å². The highest BCUT2D eigenvalue weighted by atomic mass is 19.4. The molecule has 0 unspecified atom stereocenters. The lowest BCUT2D eigenvalue weighted by Crippen LogP contribution is -2.30. The van der Waals surface area contributed by atoms with Crippen LogP contribution in [0.5, 0.6) is 0 Å². The van der Waals surface area contributed by atoms with E-state index in [2.05, 4.69) is 168 Å². The summed E-state index contributed by atoms with van der Waals surface area (Å²) in [7, 11) is 0. The molecule has 10 aromatic carbocycles. The van der Waals surface area contributed by atoms with Crippen LogP contribution in [0.25, 0.3) is 158 Å². The number of carbonyl (C=O) groups is 6. The Bertz CT molecular complexity index is 8570. The van der Waals surface area contributed by atoms with Gasteiger partial charge in [-0.25, -0.2) is 43.7 Å². The number of amides is 6. The second-order valence-corrected chi connectivity index (χ2v) is 33.4. The van der Waals surface area contributed by atoms with Gasteiger partial charge in [-0.1, -0.05) is 159 Å². The molecule has 0 spiro atoms. The molecule has 1 aliphatic rings. The first-order valence-corrected chi connectivity index (χ1v) is 46.2. The van der Waals surface area contributed by atoms with Crippen LogP contribution in [-0.4, -0.2) is 183 Å². The zero-order valence-corrected chi connectivity index (χ0v) is 78.2. The van der Waals surface area contributed by atoms with Crippen molar-refractivity contribution < 1.29 is 50.7 Å². The monoisotopic (exact) mass is 2000 g/mol. The summed E-state index contributed by atoms with van der Waals surface area (Å²) in [5.41, 5.74) is 25.9. The van der Waals surface area contributed by atoms with E-state index in [1.807, 2.05) is 194 Å². The van der Waals surface area contributed by atoms with Gasteiger partial charge in [0.05, 0.1) is 167 Å². The van der Waals surface area contributed by atoms with Crippen LogP contribution in [0.4, 0.5) is 61.8 Å². The second-order valence-electron chi connectivity index (χ2n) is 33.4. The third-order valence-corrected chi connectivity index (χ3v) is 23.1. The fourth-order valence-corrected chi connectivity index (χ4v) is 16.0. The number of para-hydroxylation sites is 14. The van der Waals surface area contributed by atoms with Crippen molar-refractivity contribution in [1.29, 1.82) is 0 Å². The zero-order chi connectivity index (χ0) is 103. The van der Waals surface area contributed by atoms with Crippen LogP contribution in [0.2, 0.25) is 0 Å². The van der Waals surface area contributed by atoms with Crippen LogP contribution < -0.4 is 37.6 Å². The molecule has 41 nitrogen and oxygen atoms in total. The van der Waals surface area contributed by atoms with Crippen molar-refractivity contribution in [3.05, 3.63) is 320 Å². The molecule has 25 rings (SSSR count). The Morgan fingerprint density at radius 3 is 0.919 bits per heavy atom. The van der Waals surface area contributed by atoms with Gasteiger partial charge in [-0.05, 0) is 128 Å². The number of nitrogens with one attached hydrogen (secondary N) is 20. The number of hydrogen-bond donors (Lipinski definition) is 21. The van der Waals surface area contributed by atoms with E-state index in [1.54, 1.807) is 72.7 Å². The van der Waals surface area contributed by atoms with E-state index in [1.165, 1.54) is 25.6 Å². The number of aromatic nitrogens is 28. The van der Waals surface area contributed by atoms with Gasteiger partial charge in [-0.15, -0.1) is 0 Å². The molecule has 24 aromatic rings. The van der Waals surface area contributed by atoms with Gasteiger partial charge in [0.25, 0.3) is 11.8 Å². The normalized spacial score (nSPS) is 11.7. The largest absolute Gasteiger partial charge is 0.471 e. The summed E-state index contributed by atoms with van der Waals surface area (Å²) in [5.74, 6) is -1.03. The number of hydrogen-bond acceptors (Lipinski definition) is 21. The maximum atomic E-state index is 13.7. The fraction of sp³-hybridized carbons (Fsp3) is 0.0874. The minimum atomic E-state index is -4.97. The lowest BCUT2D eigenvalue weighted by atomic mass is 9.88. The van der Waals surface area contributed by atoms with Crippen LogP contribution in [0, 0.1) is 17.6 Å². The lowest BCUT2D eigenvalue weighted by molar-refractivity contribution is -0.167. The average molecular weight is 2010 g/mol. The molecule has 0 bridgehead atoms. The zero-order valence-electron chi connectivity index (χ0n) is 78.2. The fourth-order valence-electron chi connectivity index (χ4n) is 16.0. The summed E-state index contributed by atoms with van der Waals surface area (Å²) in [4.78, 5) is 124. The van der Waals surface area contributed by atoms with E-state index >= 15 is 0 Å². The first kappa shape index (κ1) is 97.1. The molecule has 744 valence electrons. The summed E-state index contributed by atoms with van der Waals surface area (Å²) in [5, 5.41) is 62.7. The highest BCUT2D eigenvalue weighted by molar-refractivity contribution is 6.08. The van der Waals surface area contributed by atoms with Crippen molar-refractivity contribution in [1.82, 2.24) is 141 Å². The van der Waals surface area contributed by atoms with Crippen molar-refractivity contribution in [2.45, 2.75) is 51.6 Å². The number of benzene rings is 10. The maximum Gasteiger partial charge on any atom is 0.471 e. The Morgan fingerprint density at radius 2 is 0.597 bits per heavy atom. The maximum absolute atomic E-state index is 13.7. The van der Waals surface area contributed by atoms with Crippen molar-refractivity contribution in [3.63, 3.8) is 0 Å². The SMILES string of the molecule is CC(=O)Nc1cn[nH]c1-c1nc2ccccc2[nH]1.Nc1cn[nH]c1-c1nc2ccccc2[nH]1.O=C(Cc1ccccc1)Nc1cn[nH]c1-c1nc2ccccc2[nH]1.O=C(Nc1cn[nH]c1-c1nc2ccccc2[nH]1)C(F)(F)F.O=C(Nc1cn[nH]c1-c1nc2ccccc2[nH]1)C1CCCCC1.O=C(Nc1cn[nH]c1-c1nc2ccccc2[nH]1)c1c(F)cccc1F.O=C(Nc1cn[nH]c1-c1nc2ccccc2[nH]1)c1ccccc1. The Morgan fingerprint density at radius 1 is 0.315 bits per heavy atom. The second kappa shape index (κ2) is 44.2. The number of H-pyrrole nitrogens is 14. The Hall–Kier alpha value is -20.8. The van der Waals surface area contributed by atoms with Crippen molar-refractivity contribution in [2.75, 3.05) is 37.6 Å². The van der Waals surface area contributed by atoms with Crippen LogP contribution in [0.1, 0.15) is 65.3 Å². The highest BCUT2D eigenvalue weighted by Crippen LogP contribution is 2.36. The Kier molecular flexibility index (Phi) is 28.8. The van der Waals surface area contributed by atoms with Gasteiger partial charge in [0, 0.05) is 18.4 Å². The average Bonchev–Trinajstić information content (AvgIpc) is 1.68. The Labute approximate surface area is 836 Å². The number of nitrogens with zero attached hydrogens (tertiary/aromatic N) is 14. The molecule has 1 saturated carbocycles. The molecule has 0 atom stereocenters. The van der Waals surface area contributed by atoms with Gasteiger partial charge in [-0.3, -0.25) is 64.5 Å². The van der Waals surface area contributed by atoms with Gasteiger partial charge >= 0.3 is 12.1 Å². The predicted molar refractivity (Wildman–Crippen MR) is 552 cm³/mol. The van der Waals surface area contributed by atoms with E-state index in [9.17, 15) is 50.7 Å². The van der Waals surface area contributed by atoms with Gasteiger partial charge < -0.3 is 72.5 Å². The minimum Gasteiger partial charge on any atom is -0.396 e. The first-order valence-electron chi connectivity index (χ1n) is 46.2. The van der Waals surface area contributed by atoms with Crippen LogP contribution in [0.15, 0.2) is 292 Å². The summed E-state index contributed by atoms with van der Waals surface area (Å²) in [6, 6.07) is 75.3. The molecular weight excluding hydrogens is 1920 g/mol. The standard InChI is InChI=1S/C18H15N5O.C17H11F2N5O.C17H19N5O.C17H13N5O.C12H8F3N5O.C12H11N5O.C10H9N5/c24-16(10-12-6-2-1-3-7-12)20-15-11-19-23-17(15)18-21-13-8-4-5-9-14(13)22-18;18-9-4-3-5-10(19)14(9)17(25)23-13-8-20-24-15(13)16-21-11-6-1-2-7-12(11)22-16;2*23-17(11-6-2-1-3-7-11)21-14-10-18-22-15(14)16-19-12-8-4-5-9-13(12)20-16;13-12(14,15)11(21)19-8-5-16-20-9(8)10-17-6-3-1-2-4-7(6)18-10;1-7(18)14-10-6-13-17-11(10)12-15-8-4-2-3-5-9(8)16-12;11-6-5-12-15-9(6)10-13-7-3-1-2-4-8(7)14-10/h1-9,11H,10H2,(H,19,23)(H,20,24)(H,21,22);1-8H,(H,20,24)(H,21,22)(H,23,25);4-5,8-11H,1-3,6-7H2,(H,18,22)(H,19,20)(H,21,23);1-10H,(H,18,22)(H,19,20)(H,21,23);1-5H,(H,16,20)(H,17,18)(H,19,21);2-6H,1H3,(H,13,17)(H,14,18)(H,15,16);1-5H,11H2,(H,12,15)(H,13,14). The Balaban J connectivity index is 0.000000110. The van der Waals surface area contributed by atoms with Crippen molar-refractivity contribution >= 4 is 152 Å². The summed E-state index contributed by atoms with van der Waals surface area (Å²) in [6.07, 6.45) is 11.2. The van der Waals surface area contributed by atoms with E-state index in [0.717, 1.165) is 127 Å². The molecule has 14 aromatic heterocycles. The number of fused-ring (bicyclic) bond motifs is 7. The molecule has 0 radical (unpaired) electrons. The van der Waals surface area contributed by atoms with Crippen LogP contribution >= 0.6 is 0 Å². The number of nitrogens with two attached hydrogens (primary N) is 1. The molecular formula is C103H86F5N35O6. The minimum absolute atomic E-state index is 0.0865. The number of nitrogen functional groups attached to an aromatic ring is 1. The highest BCUT2D eigenvalue weighted by Gasteiger charge is 2.40. The third kappa shape index (κ3) is 23.0. The number of imidazole rings is 7. The van der Waals surface area contributed by atoms with Crippen LogP contribution in [-0.2, 0) is 25.6 Å². The van der Waals surface area contributed by atoms with E-state index < -0.39 is 35.2 Å². The molecule has 22 N–H and O–H groups in total. The number of alkyl halides is 3. The topological polar surface area (TPSA) is 602 Å². The van der Waals surface area contributed by atoms with Gasteiger partial charge in [0.15, 0.2) is 40.8 Å². The first-order chi connectivity index (χ1) is 72.6. The molecule has 46 heteroatoms. The number of rotatable bonds is 18. The third-order valence-electron chi connectivity index (χ3n) is 23.1. The quantitative estimate of drug-likeness (QED) is 0.0355. The number of aromatic amines is 14. The smallest absolute Gasteiger partial charge is 0.396 e. The lowest BCUT2D eigenvalue weighted by Gasteiger charge is -2.20. The van der Waals surface area contributed by atoms with E-state index in [4.69, 9.17) is 5.73 Å². The number of anilines is 7. The summed E-state index contributed by atoms with van der Waals surface area (Å²) >= 11 is 0. The van der Waals surface area contributed by atoms with E-state index in [0.29, 0.717) is 109 Å². The summed E-state index contributed by atoms with van der Waals surface area (Å²) in [6.45, 7) is 1.45. The van der Waals surface area contributed by atoms with Gasteiger partial charge in [0.1, 0.15) is 57.1 Å². The van der Waals surface area contributed by atoms with Crippen LogP contribution in [0.3, 0.4) is 0 Å². The number of carbonyl (C=O) groups excluding carboxylic acids is 6. The summed E-state index contributed by atoms with van der Waals surface area (Å²) < 4.78 is 64.3. The molecule has 0 aliphatic heterocycles.